The first-order chi connectivity index (χ1) is 27.2. The van der Waals surface area contributed by atoms with Gasteiger partial charge < -0.3 is 31.1 Å². The average Bonchev–Trinajstić information content (AvgIpc) is 3.63. The Morgan fingerprint density at radius 3 is 2.48 bits per heavy atom. The van der Waals surface area contributed by atoms with E-state index < -0.39 is 11.8 Å². The first-order valence-electron chi connectivity index (χ1n) is 19.6. The summed E-state index contributed by atoms with van der Waals surface area (Å²) in [5.74, 6) is -1.49. The molecule has 0 spiro atoms. The van der Waals surface area contributed by atoms with Crippen molar-refractivity contribution in [2.75, 3.05) is 38.2 Å². The summed E-state index contributed by atoms with van der Waals surface area (Å²) >= 11 is 0. The third-order valence-corrected chi connectivity index (χ3v) is 10.6. The second kappa shape index (κ2) is 17.6. The molecule has 4 heterocycles. The number of aromatic hydroxyl groups is 1. The molecule has 13 heteroatoms. The minimum absolute atomic E-state index is 0.119. The molecular weight excluding hydrogens is 712 g/mol. The van der Waals surface area contributed by atoms with Gasteiger partial charge in [-0.2, -0.15) is 5.10 Å². The van der Waals surface area contributed by atoms with Crippen molar-refractivity contribution in [3.8, 4) is 16.9 Å². The van der Waals surface area contributed by atoms with Crippen LogP contribution in [0.2, 0.25) is 0 Å². The lowest BCUT2D eigenvalue weighted by Gasteiger charge is -2.31. The Balaban J connectivity index is 1.04. The fourth-order valence-electron chi connectivity index (χ4n) is 7.68. The zero-order valence-corrected chi connectivity index (χ0v) is 32.3. The highest BCUT2D eigenvalue weighted by molar-refractivity contribution is 6.00. The molecule has 2 aliphatic rings. The average molecular weight is 763 g/mol. The summed E-state index contributed by atoms with van der Waals surface area (Å²) in [7, 11) is 0. The Labute approximate surface area is 326 Å². The number of halogens is 1. The van der Waals surface area contributed by atoms with Crippen LogP contribution in [-0.2, 0) is 37.3 Å². The van der Waals surface area contributed by atoms with Gasteiger partial charge in [-0.05, 0) is 86.2 Å². The van der Waals surface area contributed by atoms with Crippen LogP contribution in [0.15, 0.2) is 66.9 Å². The number of phenolic OH excluding ortho intramolecular Hbond substituents is 1. The van der Waals surface area contributed by atoms with E-state index in [1.807, 2.05) is 42.9 Å². The number of carbonyl (C=O) groups excluding carboxylic acids is 2. The maximum atomic E-state index is 15.2. The van der Waals surface area contributed by atoms with E-state index in [9.17, 15) is 14.7 Å². The van der Waals surface area contributed by atoms with E-state index in [-0.39, 0.29) is 41.8 Å². The maximum absolute atomic E-state index is 15.2. The van der Waals surface area contributed by atoms with Gasteiger partial charge >= 0.3 is 0 Å². The fourth-order valence-corrected chi connectivity index (χ4v) is 7.68. The number of aryl methyl sites for hydroxylation is 2. The van der Waals surface area contributed by atoms with Crippen molar-refractivity contribution in [2.24, 2.45) is 0 Å². The number of carbonyl (C=O) groups is 2. The Hall–Kier alpha value is -5.37. The molecule has 1 atom stereocenters. The van der Waals surface area contributed by atoms with Crippen LogP contribution < -0.4 is 21.3 Å². The molecule has 294 valence electrons. The molecule has 2 aromatic heterocycles. The molecular formula is C43H51FN8O4. The molecule has 12 nitrogen and oxygen atoms in total. The SMILES string of the molecule is CCc1nc2c(cnn2CC)c(NC2CCOCC2)c1CNC(=O)c1cc(O)cc(C(=O)NCc2ccc(F)c(-c3cccc(CN4CCN[C@@H](C)C4)c3)c2)c1. The van der Waals surface area contributed by atoms with E-state index in [4.69, 9.17) is 9.72 Å². The molecule has 0 unspecified atom stereocenters. The number of hydrogen-bond donors (Lipinski definition) is 5. The summed E-state index contributed by atoms with van der Waals surface area (Å²) in [6, 6.07) is 17.5. The number of ether oxygens (including phenoxy) is 1. The van der Waals surface area contributed by atoms with Gasteiger partial charge in [-0.15, -0.1) is 0 Å². The number of pyridine rings is 1. The molecule has 2 fully saturated rings. The summed E-state index contributed by atoms with van der Waals surface area (Å²) < 4.78 is 22.6. The number of nitrogens with one attached hydrogen (secondary N) is 4. The van der Waals surface area contributed by atoms with Crippen LogP contribution >= 0.6 is 0 Å². The molecule has 2 aliphatic heterocycles. The topological polar surface area (TPSA) is 146 Å². The van der Waals surface area contributed by atoms with E-state index in [1.54, 1.807) is 12.1 Å². The zero-order chi connectivity index (χ0) is 39.2. The Kier molecular flexibility index (Phi) is 12.2. The highest BCUT2D eigenvalue weighted by Gasteiger charge is 2.23. The molecule has 7 rings (SSSR count). The Bertz CT molecular complexity index is 2200. The number of piperazine rings is 1. The summed E-state index contributed by atoms with van der Waals surface area (Å²) in [6.07, 6.45) is 4.19. The van der Waals surface area contributed by atoms with E-state index in [0.717, 1.165) is 78.1 Å². The standard InChI is InChI=1S/C43H51FN8O4/c1-4-39-36(40(49-33-11-15-56-16-12-33)37-24-48-52(5-2)41(37)50-39)23-47-43(55)32-19-31(20-34(53)21-32)42(54)46-22-28-9-10-38(44)35(18-28)30-8-6-7-29(17-30)26-51-14-13-45-27(3)25-51/h6-10,17-21,24,27,33,45,53H,4-5,11-16,22-23,25-26H2,1-3H3,(H,46,54)(H,47,55)(H,49,50)/t27-/m0/s1. The quantitative estimate of drug-likeness (QED) is 0.101. The van der Waals surface area contributed by atoms with Crippen molar-refractivity contribution in [1.29, 1.82) is 0 Å². The van der Waals surface area contributed by atoms with Crippen molar-refractivity contribution in [1.82, 2.24) is 35.6 Å². The monoisotopic (exact) mass is 762 g/mol. The number of phenols is 1. The number of rotatable bonds is 13. The molecule has 0 bridgehead atoms. The third-order valence-electron chi connectivity index (χ3n) is 10.6. The largest absolute Gasteiger partial charge is 0.508 e. The van der Waals surface area contributed by atoms with Crippen LogP contribution in [-0.4, -0.2) is 81.5 Å². The van der Waals surface area contributed by atoms with E-state index in [0.29, 0.717) is 43.3 Å². The number of benzene rings is 3. The van der Waals surface area contributed by atoms with Gasteiger partial charge in [0.25, 0.3) is 11.8 Å². The summed E-state index contributed by atoms with van der Waals surface area (Å²) in [5, 5.41) is 29.1. The van der Waals surface area contributed by atoms with Gasteiger partial charge in [0.1, 0.15) is 11.6 Å². The molecule has 2 amide bonds. The highest BCUT2D eigenvalue weighted by Crippen LogP contribution is 2.32. The molecule has 0 aliphatic carbocycles. The molecule has 5 aromatic rings. The predicted octanol–water partition coefficient (Wildman–Crippen LogP) is 5.77. The second-order valence-corrected chi connectivity index (χ2v) is 14.7. The number of aromatic nitrogens is 3. The van der Waals surface area contributed by atoms with E-state index in [1.165, 1.54) is 24.3 Å². The van der Waals surface area contributed by atoms with E-state index in [2.05, 4.69) is 44.3 Å². The third kappa shape index (κ3) is 9.01. The van der Waals surface area contributed by atoms with Gasteiger partial charge in [0.05, 0.1) is 17.3 Å². The van der Waals surface area contributed by atoms with Crippen LogP contribution in [0.1, 0.15) is 76.7 Å². The number of fused-ring (bicyclic) bond motifs is 1. The van der Waals surface area contributed by atoms with Crippen molar-refractivity contribution >= 4 is 28.5 Å². The minimum atomic E-state index is -0.480. The lowest BCUT2D eigenvalue weighted by atomic mass is 10.00. The maximum Gasteiger partial charge on any atom is 0.251 e. The van der Waals surface area contributed by atoms with Crippen molar-refractivity contribution < 1.29 is 23.8 Å². The van der Waals surface area contributed by atoms with Crippen LogP contribution in [0.5, 0.6) is 5.75 Å². The Morgan fingerprint density at radius 1 is 0.982 bits per heavy atom. The second-order valence-electron chi connectivity index (χ2n) is 14.7. The first-order valence-corrected chi connectivity index (χ1v) is 19.6. The highest BCUT2D eigenvalue weighted by atomic mass is 19.1. The number of anilines is 1. The lowest BCUT2D eigenvalue weighted by molar-refractivity contribution is 0.0904. The normalized spacial score (nSPS) is 16.5. The summed E-state index contributed by atoms with van der Waals surface area (Å²) in [5.41, 5.74) is 6.71. The van der Waals surface area contributed by atoms with Gasteiger partial charge in [0, 0.05) is 99.1 Å². The fraction of sp³-hybridized carbons (Fsp3) is 0.395. The molecule has 5 N–H and O–H groups in total. The van der Waals surface area contributed by atoms with Gasteiger partial charge in [-0.3, -0.25) is 14.5 Å². The molecule has 2 saturated heterocycles. The van der Waals surface area contributed by atoms with Crippen LogP contribution in [0, 0.1) is 5.82 Å². The predicted molar refractivity (Wildman–Crippen MR) is 215 cm³/mol. The van der Waals surface area contributed by atoms with Gasteiger partial charge in [-0.1, -0.05) is 31.2 Å². The first kappa shape index (κ1) is 38.9. The smallest absolute Gasteiger partial charge is 0.251 e. The summed E-state index contributed by atoms with van der Waals surface area (Å²) in [6.45, 7) is 12.2. The minimum Gasteiger partial charge on any atom is -0.508 e. The molecule has 56 heavy (non-hydrogen) atoms. The Morgan fingerprint density at radius 2 is 1.75 bits per heavy atom. The van der Waals surface area contributed by atoms with Crippen LogP contribution in [0.3, 0.4) is 0 Å². The van der Waals surface area contributed by atoms with Crippen LogP contribution in [0.4, 0.5) is 10.1 Å². The van der Waals surface area contributed by atoms with Crippen LogP contribution in [0.25, 0.3) is 22.2 Å². The summed E-state index contributed by atoms with van der Waals surface area (Å²) in [4.78, 5) is 34.4. The number of nitrogens with zero attached hydrogens (tertiary/aromatic N) is 4. The van der Waals surface area contributed by atoms with Crippen molar-refractivity contribution in [3.63, 3.8) is 0 Å². The zero-order valence-electron chi connectivity index (χ0n) is 32.3. The van der Waals surface area contributed by atoms with Crippen molar-refractivity contribution in [3.05, 3.63) is 106 Å². The van der Waals surface area contributed by atoms with E-state index >= 15 is 4.39 Å². The molecule has 3 aromatic carbocycles. The number of hydrogen-bond acceptors (Lipinski definition) is 9. The van der Waals surface area contributed by atoms with Crippen molar-refractivity contribution in [2.45, 2.75) is 78.3 Å². The molecule has 0 saturated carbocycles. The number of amides is 2. The van der Waals surface area contributed by atoms with Gasteiger partial charge in [0.15, 0.2) is 5.65 Å². The van der Waals surface area contributed by atoms with Gasteiger partial charge in [0.2, 0.25) is 0 Å². The van der Waals surface area contributed by atoms with Gasteiger partial charge in [-0.25, -0.2) is 14.1 Å². The lowest BCUT2D eigenvalue weighted by Crippen LogP contribution is -2.48. The molecule has 0 radical (unpaired) electrons.